The lowest BCUT2D eigenvalue weighted by Crippen LogP contribution is -2.27. The number of rotatable bonds is 5. The molecule has 4 nitrogen and oxygen atoms in total. The van der Waals surface area contributed by atoms with Gasteiger partial charge >= 0.3 is 0 Å². The van der Waals surface area contributed by atoms with Crippen molar-refractivity contribution in [3.05, 3.63) is 22.7 Å². The molecular weight excluding hydrogens is 250 g/mol. The van der Waals surface area contributed by atoms with Crippen molar-refractivity contribution in [2.75, 3.05) is 17.7 Å². The van der Waals surface area contributed by atoms with E-state index in [4.69, 9.17) is 11.6 Å². The lowest BCUT2D eigenvalue weighted by atomic mass is 9.98. The topological polar surface area (TPSA) is 46.9 Å². The van der Waals surface area contributed by atoms with Gasteiger partial charge in [0, 0.05) is 31.4 Å². The van der Waals surface area contributed by atoms with Gasteiger partial charge in [0.15, 0.2) is 5.82 Å². The molecule has 2 unspecified atom stereocenters. The van der Waals surface area contributed by atoms with Crippen LogP contribution in [0.15, 0.2) is 17.2 Å². The average Bonchev–Trinajstić information content (AvgIpc) is 2.85. The van der Waals surface area contributed by atoms with Crippen molar-refractivity contribution < 1.29 is 0 Å². The zero-order valence-corrected chi connectivity index (χ0v) is 11.5. The van der Waals surface area contributed by atoms with Crippen LogP contribution in [0.2, 0.25) is 0 Å². The van der Waals surface area contributed by atoms with Crippen LogP contribution in [-0.2, 0) is 6.54 Å². The van der Waals surface area contributed by atoms with Gasteiger partial charge in [-0.1, -0.05) is 6.42 Å². The largest absolute Gasteiger partial charge is 0.365 e. The van der Waals surface area contributed by atoms with Gasteiger partial charge in [-0.15, -0.1) is 11.6 Å². The van der Waals surface area contributed by atoms with E-state index in [9.17, 15) is 4.79 Å². The van der Waals surface area contributed by atoms with Crippen LogP contribution in [0.25, 0.3) is 0 Å². The summed E-state index contributed by atoms with van der Waals surface area (Å²) in [7, 11) is 0. The van der Waals surface area contributed by atoms with E-state index in [-0.39, 0.29) is 5.56 Å². The number of hydrogen-bond acceptors (Lipinski definition) is 3. The summed E-state index contributed by atoms with van der Waals surface area (Å²) >= 11 is 5.95. The lowest BCUT2D eigenvalue weighted by Gasteiger charge is -2.17. The molecule has 1 saturated carbocycles. The summed E-state index contributed by atoms with van der Waals surface area (Å²) in [4.78, 5) is 16.1. The fraction of sp³-hybridized carbons (Fsp3) is 0.692. The Bertz CT molecular complexity index is 446. The molecule has 2 atom stereocenters. The number of aryl methyl sites for hydroxylation is 1. The number of halogens is 1. The summed E-state index contributed by atoms with van der Waals surface area (Å²) in [6.07, 6.45) is 7.02. The molecule has 2 rings (SSSR count). The van der Waals surface area contributed by atoms with E-state index >= 15 is 0 Å². The molecule has 1 heterocycles. The molecule has 100 valence electrons. The van der Waals surface area contributed by atoms with Crippen LogP contribution in [0.1, 0.15) is 26.2 Å². The molecule has 0 aliphatic heterocycles. The fourth-order valence-corrected chi connectivity index (χ4v) is 3.04. The number of anilines is 1. The molecule has 0 radical (unpaired) electrons. The molecule has 5 heteroatoms. The van der Waals surface area contributed by atoms with E-state index in [2.05, 4.69) is 10.3 Å². The maximum atomic E-state index is 12.0. The quantitative estimate of drug-likeness (QED) is 0.835. The van der Waals surface area contributed by atoms with E-state index in [1.807, 2.05) is 6.92 Å². The highest BCUT2D eigenvalue weighted by Gasteiger charge is 2.26. The van der Waals surface area contributed by atoms with Gasteiger partial charge in [0.1, 0.15) is 0 Å². The third-order valence-corrected chi connectivity index (χ3v) is 4.20. The van der Waals surface area contributed by atoms with Gasteiger partial charge in [-0.05, 0) is 31.6 Å². The molecule has 1 aliphatic carbocycles. The average molecular weight is 270 g/mol. The maximum Gasteiger partial charge on any atom is 0.293 e. The highest BCUT2D eigenvalue weighted by Crippen LogP contribution is 2.32. The molecule has 0 saturated heterocycles. The molecule has 1 aromatic rings. The van der Waals surface area contributed by atoms with Crippen LogP contribution in [-0.4, -0.2) is 22.0 Å². The van der Waals surface area contributed by atoms with Crippen LogP contribution in [0.4, 0.5) is 5.82 Å². The van der Waals surface area contributed by atoms with Gasteiger partial charge in [-0.2, -0.15) is 0 Å². The summed E-state index contributed by atoms with van der Waals surface area (Å²) in [5.41, 5.74) is -0.0413. The molecule has 18 heavy (non-hydrogen) atoms. The number of nitrogens with zero attached hydrogens (tertiary/aromatic N) is 2. The number of nitrogens with one attached hydrogen (secondary N) is 1. The van der Waals surface area contributed by atoms with Crippen LogP contribution >= 0.6 is 11.6 Å². The monoisotopic (exact) mass is 269 g/mol. The fourth-order valence-electron chi connectivity index (χ4n) is 2.63. The first-order valence-corrected chi connectivity index (χ1v) is 7.15. The van der Waals surface area contributed by atoms with E-state index in [0.29, 0.717) is 30.1 Å². The Labute approximate surface area is 112 Å². The summed E-state index contributed by atoms with van der Waals surface area (Å²) in [5, 5.41) is 3.19. The number of alkyl halides is 1. The van der Waals surface area contributed by atoms with Crippen LogP contribution in [0.5, 0.6) is 0 Å². The molecule has 0 bridgehead atoms. The van der Waals surface area contributed by atoms with Crippen molar-refractivity contribution in [1.29, 1.82) is 0 Å². The first-order valence-electron chi connectivity index (χ1n) is 6.61. The Hall–Kier alpha value is -1.03. The van der Waals surface area contributed by atoms with Gasteiger partial charge in [0.05, 0.1) is 0 Å². The highest BCUT2D eigenvalue weighted by atomic mass is 35.5. The van der Waals surface area contributed by atoms with Crippen LogP contribution in [0.3, 0.4) is 0 Å². The maximum absolute atomic E-state index is 12.0. The second-order valence-electron chi connectivity index (χ2n) is 4.85. The Morgan fingerprint density at radius 2 is 2.28 bits per heavy atom. The second-order valence-corrected chi connectivity index (χ2v) is 5.16. The van der Waals surface area contributed by atoms with E-state index in [1.54, 1.807) is 17.0 Å². The van der Waals surface area contributed by atoms with Gasteiger partial charge in [0.2, 0.25) is 0 Å². The summed E-state index contributed by atoms with van der Waals surface area (Å²) in [6.45, 7) is 3.42. The van der Waals surface area contributed by atoms with Crippen molar-refractivity contribution in [3.8, 4) is 0 Å². The minimum Gasteiger partial charge on any atom is -0.365 e. The van der Waals surface area contributed by atoms with E-state index in [1.165, 1.54) is 19.3 Å². The molecule has 0 amide bonds. The Morgan fingerprint density at radius 1 is 1.50 bits per heavy atom. The Morgan fingerprint density at radius 3 is 3.00 bits per heavy atom. The molecule has 1 aliphatic rings. The molecule has 1 N–H and O–H groups in total. The zero-order chi connectivity index (χ0) is 13.0. The van der Waals surface area contributed by atoms with Crippen LogP contribution < -0.4 is 10.9 Å². The molecule has 1 fully saturated rings. The van der Waals surface area contributed by atoms with E-state index < -0.39 is 0 Å². The molecule has 0 aromatic carbocycles. The molecule has 1 aromatic heterocycles. The third kappa shape index (κ3) is 2.86. The standard InChI is InChI=1S/C13H20ClN3O/c1-2-17-7-6-15-12(13(17)18)16-9-11-5-3-4-10(11)8-14/h6-7,10-11H,2-5,8-9H2,1H3,(H,15,16). The lowest BCUT2D eigenvalue weighted by molar-refractivity contribution is 0.443. The second kappa shape index (κ2) is 6.23. The third-order valence-electron chi connectivity index (χ3n) is 3.80. The first-order chi connectivity index (χ1) is 8.76. The van der Waals surface area contributed by atoms with Gasteiger partial charge in [-0.3, -0.25) is 4.79 Å². The minimum atomic E-state index is -0.0413. The summed E-state index contributed by atoms with van der Waals surface area (Å²) in [5.74, 6) is 2.32. The number of aromatic nitrogens is 2. The first kappa shape index (κ1) is 13.4. The van der Waals surface area contributed by atoms with Gasteiger partial charge in [0.25, 0.3) is 5.56 Å². The van der Waals surface area contributed by atoms with Crippen molar-refractivity contribution in [2.24, 2.45) is 11.8 Å². The van der Waals surface area contributed by atoms with E-state index in [0.717, 1.165) is 6.54 Å². The summed E-state index contributed by atoms with van der Waals surface area (Å²) < 4.78 is 1.66. The van der Waals surface area contributed by atoms with Gasteiger partial charge in [-0.25, -0.2) is 4.98 Å². The Kier molecular flexibility index (Phi) is 4.64. The van der Waals surface area contributed by atoms with Gasteiger partial charge < -0.3 is 9.88 Å². The minimum absolute atomic E-state index is 0.0413. The number of hydrogen-bond donors (Lipinski definition) is 1. The summed E-state index contributed by atoms with van der Waals surface area (Å²) in [6, 6.07) is 0. The molecule has 0 spiro atoms. The predicted molar refractivity (Wildman–Crippen MR) is 74.2 cm³/mol. The van der Waals surface area contributed by atoms with Crippen molar-refractivity contribution in [1.82, 2.24) is 9.55 Å². The molecular formula is C13H20ClN3O. The van der Waals surface area contributed by atoms with Crippen molar-refractivity contribution in [3.63, 3.8) is 0 Å². The van der Waals surface area contributed by atoms with Crippen LogP contribution in [0, 0.1) is 11.8 Å². The Balaban J connectivity index is 2.00. The van der Waals surface area contributed by atoms with Crippen molar-refractivity contribution >= 4 is 17.4 Å². The highest BCUT2D eigenvalue weighted by molar-refractivity contribution is 6.18. The normalized spacial score (nSPS) is 23.2. The smallest absolute Gasteiger partial charge is 0.293 e. The predicted octanol–water partition coefficient (Wildman–Crippen LogP) is 2.33. The van der Waals surface area contributed by atoms with Crippen molar-refractivity contribution in [2.45, 2.75) is 32.7 Å². The zero-order valence-electron chi connectivity index (χ0n) is 10.7. The SMILES string of the molecule is CCn1ccnc(NCC2CCCC2CCl)c1=O.